The number of aromatic nitrogens is 1. The van der Waals surface area contributed by atoms with Gasteiger partial charge >= 0.3 is 48.9 Å². The molecule has 0 bridgehead atoms. The van der Waals surface area contributed by atoms with Gasteiger partial charge in [0.05, 0.1) is 4.70 Å². The molecular formula is C7H7BaNS. The van der Waals surface area contributed by atoms with Crippen LogP contribution in [0.25, 0.3) is 10.1 Å². The zero-order chi connectivity index (χ0) is 6.10. The van der Waals surface area contributed by atoms with Crippen LogP contribution < -0.4 is 0 Å². The van der Waals surface area contributed by atoms with Crippen LogP contribution in [0.15, 0.2) is 30.5 Å². The number of fused-ring (bicyclic) bond motifs is 1. The van der Waals surface area contributed by atoms with E-state index >= 15 is 0 Å². The third-order valence-corrected chi connectivity index (χ3v) is 2.04. The van der Waals surface area contributed by atoms with Gasteiger partial charge in [0.15, 0.2) is 0 Å². The molecule has 0 amide bonds. The molecule has 3 heteroatoms. The third-order valence-electron chi connectivity index (χ3n) is 1.26. The van der Waals surface area contributed by atoms with Crippen molar-refractivity contribution in [1.82, 2.24) is 4.37 Å². The van der Waals surface area contributed by atoms with E-state index in [1.807, 2.05) is 18.3 Å². The van der Waals surface area contributed by atoms with Crippen molar-refractivity contribution in [2.75, 3.05) is 0 Å². The number of rotatable bonds is 0. The summed E-state index contributed by atoms with van der Waals surface area (Å²) in [7, 11) is 0. The summed E-state index contributed by atoms with van der Waals surface area (Å²) in [5.74, 6) is 0. The van der Waals surface area contributed by atoms with E-state index in [1.54, 1.807) is 0 Å². The Morgan fingerprint density at radius 2 is 2.00 bits per heavy atom. The summed E-state index contributed by atoms with van der Waals surface area (Å²) in [6.45, 7) is 0. The molecule has 2 aromatic rings. The zero-order valence-corrected chi connectivity index (χ0v) is 5.56. The predicted molar refractivity (Wildman–Crippen MR) is 48.2 cm³/mol. The Bertz CT molecular complexity index is 288. The van der Waals surface area contributed by atoms with Crippen molar-refractivity contribution in [3.63, 3.8) is 0 Å². The van der Waals surface area contributed by atoms with Gasteiger partial charge in [0.25, 0.3) is 0 Å². The third kappa shape index (κ3) is 1.64. The van der Waals surface area contributed by atoms with Crippen LogP contribution in [0, 0.1) is 0 Å². The first kappa shape index (κ1) is 8.78. The van der Waals surface area contributed by atoms with Crippen molar-refractivity contribution in [3.05, 3.63) is 30.5 Å². The first-order chi connectivity index (χ1) is 4.47. The van der Waals surface area contributed by atoms with Gasteiger partial charge in [-0.15, -0.1) is 0 Å². The molecule has 0 atom stereocenters. The maximum atomic E-state index is 4.04. The van der Waals surface area contributed by atoms with Crippen LogP contribution in [0.4, 0.5) is 0 Å². The average Bonchev–Trinajstić information content (AvgIpc) is 2.33. The molecule has 0 aliphatic rings. The molecule has 2 rings (SSSR count). The average molecular weight is 275 g/mol. The van der Waals surface area contributed by atoms with Gasteiger partial charge in [-0.3, -0.25) is 0 Å². The Balaban J connectivity index is 0.000000500. The van der Waals surface area contributed by atoms with Gasteiger partial charge in [0.2, 0.25) is 0 Å². The fourth-order valence-corrected chi connectivity index (χ4v) is 1.46. The Hall–Kier alpha value is 0.681. The maximum absolute atomic E-state index is 4.04. The van der Waals surface area contributed by atoms with Crippen LogP contribution >= 0.6 is 11.5 Å². The first-order valence-electron chi connectivity index (χ1n) is 2.76. The van der Waals surface area contributed by atoms with Gasteiger partial charge in [0.1, 0.15) is 0 Å². The molecule has 0 N–H and O–H groups in total. The minimum absolute atomic E-state index is 0. The number of benzene rings is 1. The van der Waals surface area contributed by atoms with E-state index in [0.717, 1.165) is 0 Å². The summed E-state index contributed by atoms with van der Waals surface area (Å²) in [4.78, 5) is 0. The summed E-state index contributed by atoms with van der Waals surface area (Å²) in [6, 6.07) is 8.20. The fourth-order valence-electron chi connectivity index (χ4n) is 0.810. The molecule has 1 aromatic heterocycles. The quantitative estimate of drug-likeness (QED) is 0.662. The molecule has 10 heavy (non-hydrogen) atoms. The van der Waals surface area contributed by atoms with Gasteiger partial charge in [-0.25, -0.2) is 0 Å². The summed E-state index contributed by atoms with van der Waals surface area (Å²) < 4.78 is 5.30. The molecule has 0 fully saturated rings. The van der Waals surface area contributed by atoms with Gasteiger partial charge < -0.3 is 0 Å². The molecule has 1 aromatic carbocycles. The number of nitrogens with zero attached hydrogens (tertiary/aromatic N) is 1. The topological polar surface area (TPSA) is 12.9 Å². The standard InChI is InChI=1S/C7H5NS.Ba.2H/c1-2-4-7-6(3-1)5-8-9-7;;;/h1-5H;;;. The molecule has 0 spiro atoms. The minimum atomic E-state index is 0. The summed E-state index contributed by atoms with van der Waals surface area (Å²) in [6.07, 6.45) is 1.89. The van der Waals surface area contributed by atoms with E-state index in [4.69, 9.17) is 0 Å². The van der Waals surface area contributed by atoms with E-state index in [1.165, 1.54) is 21.6 Å². The van der Waals surface area contributed by atoms with Gasteiger partial charge in [-0.05, 0) is 17.6 Å². The van der Waals surface area contributed by atoms with E-state index in [9.17, 15) is 0 Å². The Morgan fingerprint density at radius 3 is 2.80 bits per heavy atom. The second-order valence-corrected chi connectivity index (χ2v) is 2.70. The molecule has 0 aliphatic carbocycles. The van der Waals surface area contributed by atoms with E-state index in [2.05, 4.69) is 16.5 Å². The van der Waals surface area contributed by atoms with Crippen LogP contribution in [-0.4, -0.2) is 53.3 Å². The summed E-state index contributed by atoms with van der Waals surface area (Å²) in [5, 5.41) is 1.24. The smallest absolute Gasteiger partial charge is 0.0549 e. The van der Waals surface area contributed by atoms with Crippen LogP contribution in [0.1, 0.15) is 0 Å². The van der Waals surface area contributed by atoms with E-state index < -0.39 is 0 Å². The Morgan fingerprint density at radius 1 is 1.20 bits per heavy atom. The SMILES string of the molecule is [BaH2].c1ccc2sncc2c1. The largest absolute Gasteiger partial charge is 0.200 e. The number of hydrogen-bond donors (Lipinski definition) is 0. The number of hydrogen-bond acceptors (Lipinski definition) is 2. The van der Waals surface area contributed by atoms with Crippen molar-refractivity contribution in [2.45, 2.75) is 0 Å². The van der Waals surface area contributed by atoms with Gasteiger partial charge in [-0.1, -0.05) is 18.2 Å². The second kappa shape index (κ2) is 3.90. The molecule has 0 aliphatic heterocycles. The minimum Gasteiger partial charge on any atom is -0.200 e. The molecule has 48 valence electrons. The maximum Gasteiger partial charge on any atom is 0.0549 e. The molecular weight excluding hydrogens is 267 g/mol. The molecule has 0 unspecified atom stereocenters. The Labute approximate surface area is 104 Å². The van der Waals surface area contributed by atoms with Crippen molar-refractivity contribution in [3.8, 4) is 0 Å². The van der Waals surface area contributed by atoms with Crippen molar-refractivity contribution in [2.24, 2.45) is 0 Å². The molecule has 0 saturated heterocycles. The van der Waals surface area contributed by atoms with E-state index in [-0.39, 0.29) is 48.9 Å². The van der Waals surface area contributed by atoms with Crippen molar-refractivity contribution < 1.29 is 0 Å². The monoisotopic (exact) mass is 275 g/mol. The second-order valence-electron chi connectivity index (χ2n) is 1.86. The molecule has 0 saturated carbocycles. The van der Waals surface area contributed by atoms with Gasteiger partial charge in [0, 0.05) is 11.6 Å². The molecule has 1 heterocycles. The molecule has 0 radical (unpaired) electrons. The van der Waals surface area contributed by atoms with Crippen molar-refractivity contribution in [1.29, 1.82) is 0 Å². The first-order valence-corrected chi connectivity index (χ1v) is 3.53. The zero-order valence-electron chi connectivity index (χ0n) is 4.74. The molecule has 1 nitrogen and oxygen atoms in total. The van der Waals surface area contributed by atoms with Crippen LogP contribution in [-0.2, 0) is 0 Å². The van der Waals surface area contributed by atoms with Crippen LogP contribution in [0.2, 0.25) is 0 Å². The van der Waals surface area contributed by atoms with Crippen LogP contribution in [0.5, 0.6) is 0 Å². The Kier molecular flexibility index (Phi) is 3.42. The summed E-state index contributed by atoms with van der Waals surface area (Å²) >= 11 is 1.54. The van der Waals surface area contributed by atoms with Crippen molar-refractivity contribution >= 4 is 70.5 Å². The van der Waals surface area contributed by atoms with Gasteiger partial charge in [-0.2, -0.15) is 4.37 Å². The van der Waals surface area contributed by atoms with Crippen LogP contribution in [0.3, 0.4) is 0 Å². The normalized spacial score (nSPS) is 9.20. The van der Waals surface area contributed by atoms with E-state index in [0.29, 0.717) is 0 Å². The predicted octanol–water partition coefficient (Wildman–Crippen LogP) is 1.38. The fraction of sp³-hybridized carbons (Fsp3) is 0. The summed E-state index contributed by atoms with van der Waals surface area (Å²) in [5.41, 5.74) is 0.